The van der Waals surface area contributed by atoms with Crippen LogP contribution in [0.5, 0.6) is 0 Å². The molecule has 0 fully saturated rings. The largest absolute Gasteiger partial charge is 0.459 e. The summed E-state index contributed by atoms with van der Waals surface area (Å²) in [5.41, 5.74) is 8.17. The van der Waals surface area contributed by atoms with Crippen molar-refractivity contribution >= 4 is 22.5 Å². The molecule has 0 aliphatic carbocycles. The maximum Gasteiger partial charge on any atom is 0.134 e. The number of benzene rings is 1. The van der Waals surface area contributed by atoms with E-state index in [2.05, 4.69) is 22.6 Å². The molecule has 0 spiro atoms. The van der Waals surface area contributed by atoms with Crippen LogP contribution >= 0.6 is 11.5 Å². The van der Waals surface area contributed by atoms with Gasteiger partial charge >= 0.3 is 0 Å². The van der Waals surface area contributed by atoms with Crippen molar-refractivity contribution in [1.82, 2.24) is 9.59 Å². The number of aryl methyl sites for hydroxylation is 1. The number of nitrogens with zero attached hydrogens (tertiary/aromatic N) is 2. The number of hydrogen-bond acceptors (Lipinski definition) is 5. The second-order valence-electron chi connectivity index (χ2n) is 3.99. The third-order valence-corrected chi connectivity index (χ3v) is 3.43. The van der Waals surface area contributed by atoms with Gasteiger partial charge in [-0.05, 0) is 36.7 Å². The summed E-state index contributed by atoms with van der Waals surface area (Å²) in [6, 6.07) is 7.76. The van der Waals surface area contributed by atoms with Crippen molar-refractivity contribution in [2.24, 2.45) is 5.73 Å². The zero-order valence-electron chi connectivity index (χ0n) is 9.25. The van der Waals surface area contributed by atoms with E-state index in [0.717, 1.165) is 21.6 Å². The fourth-order valence-corrected chi connectivity index (χ4v) is 2.30. The summed E-state index contributed by atoms with van der Waals surface area (Å²) >= 11 is 1.29. The van der Waals surface area contributed by atoms with Gasteiger partial charge in [0.25, 0.3) is 0 Å². The van der Waals surface area contributed by atoms with E-state index in [1.165, 1.54) is 17.1 Å². The van der Waals surface area contributed by atoms with Crippen LogP contribution in [0.4, 0.5) is 0 Å². The van der Waals surface area contributed by atoms with Crippen LogP contribution < -0.4 is 5.73 Å². The number of rotatable bonds is 2. The summed E-state index contributed by atoms with van der Waals surface area (Å²) in [5, 5.41) is 4.86. The number of nitrogens with two attached hydrogens (primary N) is 1. The highest BCUT2D eigenvalue weighted by Crippen LogP contribution is 2.28. The van der Waals surface area contributed by atoms with E-state index < -0.39 is 0 Å². The minimum atomic E-state index is -0.289. The van der Waals surface area contributed by atoms with Gasteiger partial charge in [-0.1, -0.05) is 16.1 Å². The van der Waals surface area contributed by atoms with E-state index in [4.69, 9.17) is 10.2 Å². The normalized spacial score (nSPS) is 13.1. The second kappa shape index (κ2) is 3.94. The van der Waals surface area contributed by atoms with Crippen molar-refractivity contribution in [1.29, 1.82) is 0 Å². The summed E-state index contributed by atoms with van der Waals surface area (Å²) in [6.07, 6.45) is 1.67. The topological polar surface area (TPSA) is 64.9 Å². The van der Waals surface area contributed by atoms with E-state index in [0.29, 0.717) is 0 Å². The maximum atomic E-state index is 6.10. The molecule has 2 N–H and O–H groups in total. The van der Waals surface area contributed by atoms with Gasteiger partial charge in [-0.15, -0.1) is 5.10 Å². The van der Waals surface area contributed by atoms with Gasteiger partial charge in [0.15, 0.2) is 0 Å². The highest BCUT2D eigenvalue weighted by Gasteiger charge is 2.16. The predicted molar refractivity (Wildman–Crippen MR) is 66.9 cm³/mol. The zero-order chi connectivity index (χ0) is 11.8. The van der Waals surface area contributed by atoms with Gasteiger partial charge in [-0.3, -0.25) is 0 Å². The van der Waals surface area contributed by atoms with Crippen molar-refractivity contribution in [3.8, 4) is 0 Å². The molecule has 2 heterocycles. The molecule has 86 valence electrons. The average Bonchev–Trinajstić information content (AvgIpc) is 2.96. The Kier molecular flexibility index (Phi) is 2.42. The van der Waals surface area contributed by atoms with Crippen LogP contribution in [0.2, 0.25) is 0 Å². The van der Waals surface area contributed by atoms with Crippen molar-refractivity contribution in [3.63, 3.8) is 0 Å². The Bertz CT molecular complexity index is 645. The quantitative estimate of drug-likeness (QED) is 0.753. The Balaban J connectivity index is 2.06. The monoisotopic (exact) mass is 245 g/mol. The van der Waals surface area contributed by atoms with Gasteiger partial charge in [-0.25, -0.2) is 0 Å². The molecule has 17 heavy (non-hydrogen) atoms. The SMILES string of the molecule is Cc1ccc2oc(C(N)c3cnns3)cc2c1. The third-order valence-electron chi connectivity index (χ3n) is 2.68. The molecule has 0 amide bonds. The van der Waals surface area contributed by atoms with E-state index >= 15 is 0 Å². The second-order valence-corrected chi connectivity index (χ2v) is 4.80. The Morgan fingerprint density at radius 2 is 2.24 bits per heavy atom. The summed E-state index contributed by atoms with van der Waals surface area (Å²) in [5.74, 6) is 0.747. The average molecular weight is 245 g/mol. The molecule has 5 heteroatoms. The first-order valence-corrected chi connectivity index (χ1v) is 6.04. The molecule has 0 saturated carbocycles. The van der Waals surface area contributed by atoms with Crippen LogP contribution in [0, 0.1) is 6.92 Å². The van der Waals surface area contributed by atoms with Gasteiger partial charge in [0.05, 0.1) is 11.1 Å². The molecule has 0 saturated heterocycles. The molecule has 1 atom stereocenters. The van der Waals surface area contributed by atoms with Crippen LogP contribution in [-0.4, -0.2) is 9.59 Å². The lowest BCUT2D eigenvalue weighted by Gasteiger charge is -2.02. The van der Waals surface area contributed by atoms with Crippen LogP contribution in [0.3, 0.4) is 0 Å². The molecule has 0 bridgehead atoms. The van der Waals surface area contributed by atoms with Gasteiger partial charge in [0.1, 0.15) is 17.4 Å². The smallest absolute Gasteiger partial charge is 0.134 e. The van der Waals surface area contributed by atoms with E-state index in [-0.39, 0.29) is 6.04 Å². The predicted octanol–water partition coefficient (Wildman–Crippen LogP) is 2.64. The molecule has 3 rings (SSSR count). The van der Waals surface area contributed by atoms with Crippen LogP contribution in [0.1, 0.15) is 22.2 Å². The minimum absolute atomic E-state index is 0.289. The molecule has 1 unspecified atom stereocenters. The Hall–Kier alpha value is -1.72. The number of aromatic nitrogens is 2. The van der Waals surface area contributed by atoms with Crippen molar-refractivity contribution in [2.45, 2.75) is 13.0 Å². The van der Waals surface area contributed by atoms with Crippen molar-refractivity contribution in [2.75, 3.05) is 0 Å². The van der Waals surface area contributed by atoms with Gasteiger partial charge < -0.3 is 10.2 Å². The van der Waals surface area contributed by atoms with Gasteiger partial charge in [0, 0.05) is 5.39 Å². The summed E-state index contributed by atoms with van der Waals surface area (Å²) in [4.78, 5) is 0.903. The lowest BCUT2D eigenvalue weighted by Crippen LogP contribution is -2.08. The Labute approximate surface area is 102 Å². The zero-order valence-corrected chi connectivity index (χ0v) is 10.1. The number of furan rings is 1. The highest BCUT2D eigenvalue weighted by molar-refractivity contribution is 7.05. The molecule has 0 aliphatic rings. The van der Waals surface area contributed by atoms with E-state index in [1.54, 1.807) is 6.20 Å². The molecular weight excluding hydrogens is 234 g/mol. The van der Waals surface area contributed by atoms with Crippen LogP contribution in [0.15, 0.2) is 34.9 Å². The molecule has 0 radical (unpaired) electrons. The van der Waals surface area contributed by atoms with Crippen molar-refractivity contribution in [3.05, 3.63) is 46.7 Å². The lowest BCUT2D eigenvalue weighted by atomic mass is 10.1. The van der Waals surface area contributed by atoms with Crippen molar-refractivity contribution < 1.29 is 4.42 Å². The lowest BCUT2D eigenvalue weighted by molar-refractivity contribution is 0.527. The van der Waals surface area contributed by atoms with Gasteiger partial charge in [-0.2, -0.15) is 0 Å². The van der Waals surface area contributed by atoms with E-state index in [1.807, 2.05) is 18.2 Å². The summed E-state index contributed by atoms with van der Waals surface area (Å²) in [7, 11) is 0. The molecule has 0 aliphatic heterocycles. The highest BCUT2D eigenvalue weighted by atomic mass is 32.1. The summed E-state index contributed by atoms with van der Waals surface area (Å²) in [6.45, 7) is 2.05. The van der Waals surface area contributed by atoms with E-state index in [9.17, 15) is 0 Å². The first-order chi connectivity index (χ1) is 8.24. The first-order valence-electron chi connectivity index (χ1n) is 5.27. The number of fused-ring (bicyclic) bond motifs is 1. The van der Waals surface area contributed by atoms with Crippen LogP contribution in [-0.2, 0) is 0 Å². The van der Waals surface area contributed by atoms with Gasteiger partial charge in [0.2, 0.25) is 0 Å². The molecule has 3 aromatic rings. The Morgan fingerprint density at radius 3 is 3.00 bits per heavy atom. The fraction of sp³-hybridized carbons (Fsp3) is 0.167. The third kappa shape index (κ3) is 1.83. The Morgan fingerprint density at radius 1 is 1.35 bits per heavy atom. The first kappa shape index (κ1) is 10.4. The maximum absolute atomic E-state index is 6.10. The standard InChI is InChI=1S/C12H11N3OS/c1-7-2-3-9-8(4-7)5-10(16-9)12(13)11-6-14-15-17-11/h2-6,12H,13H2,1H3. The fourth-order valence-electron chi connectivity index (χ4n) is 1.79. The number of hydrogen-bond donors (Lipinski definition) is 1. The minimum Gasteiger partial charge on any atom is -0.459 e. The van der Waals surface area contributed by atoms with Crippen LogP contribution in [0.25, 0.3) is 11.0 Å². The summed E-state index contributed by atoms with van der Waals surface area (Å²) < 4.78 is 9.54. The molecular formula is C12H11N3OS. The molecule has 1 aromatic carbocycles. The molecule has 4 nitrogen and oxygen atoms in total. The molecule has 2 aromatic heterocycles.